The number of likely N-dealkylation sites (tertiary alicyclic amines) is 1. The lowest BCUT2D eigenvalue weighted by Crippen LogP contribution is -2.52. The number of nitrogens with zero attached hydrogens (tertiary/aromatic N) is 2. The Kier molecular flexibility index (Phi) is 2.47. The molecule has 1 spiro atoms. The summed E-state index contributed by atoms with van der Waals surface area (Å²) in [6.45, 7) is 0.313. The van der Waals surface area contributed by atoms with E-state index in [1.54, 1.807) is 18.0 Å². The Labute approximate surface area is 109 Å². The highest BCUT2D eigenvalue weighted by Gasteiger charge is 2.53. The summed E-state index contributed by atoms with van der Waals surface area (Å²) in [5.74, 6) is -0.606. The van der Waals surface area contributed by atoms with Gasteiger partial charge in [-0.05, 0) is 19.2 Å². The molecule has 2 atom stereocenters. The van der Waals surface area contributed by atoms with Crippen LogP contribution in [-0.2, 0) is 4.79 Å². The van der Waals surface area contributed by atoms with Gasteiger partial charge in [-0.15, -0.1) is 0 Å². The molecule has 0 radical (unpaired) electrons. The Morgan fingerprint density at radius 2 is 2.42 bits per heavy atom. The van der Waals surface area contributed by atoms with Crippen molar-refractivity contribution >= 4 is 11.6 Å². The summed E-state index contributed by atoms with van der Waals surface area (Å²) in [6, 6.07) is 6.16. The second-order valence-electron chi connectivity index (χ2n) is 4.93. The van der Waals surface area contributed by atoms with Gasteiger partial charge in [-0.1, -0.05) is 6.07 Å². The van der Waals surface area contributed by atoms with Gasteiger partial charge >= 0.3 is 0 Å². The summed E-state index contributed by atoms with van der Waals surface area (Å²) in [6.07, 6.45) is 0.280. The van der Waals surface area contributed by atoms with E-state index < -0.39 is 17.3 Å². The van der Waals surface area contributed by atoms with Crippen molar-refractivity contribution in [3.05, 3.63) is 24.0 Å². The number of nitrogens with one attached hydrogen (secondary N) is 1. The van der Waals surface area contributed by atoms with Gasteiger partial charge in [0, 0.05) is 13.0 Å². The van der Waals surface area contributed by atoms with Crippen molar-refractivity contribution in [2.45, 2.75) is 18.1 Å². The fraction of sp³-hybridized carbons (Fsp3) is 0.385. The molecule has 5 nitrogen and oxygen atoms in total. The third-order valence-electron chi connectivity index (χ3n) is 3.64. The van der Waals surface area contributed by atoms with Crippen molar-refractivity contribution in [1.82, 2.24) is 4.90 Å². The van der Waals surface area contributed by atoms with Crippen LogP contribution in [0.3, 0.4) is 0 Å². The topological polar surface area (TPSA) is 65.4 Å². The van der Waals surface area contributed by atoms with Gasteiger partial charge in [0.15, 0.2) is 5.82 Å². The first kappa shape index (κ1) is 11.9. The van der Waals surface area contributed by atoms with Crippen LogP contribution in [-0.4, -0.2) is 36.0 Å². The van der Waals surface area contributed by atoms with Gasteiger partial charge in [-0.3, -0.25) is 9.69 Å². The van der Waals surface area contributed by atoms with E-state index in [0.29, 0.717) is 12.3 Å². The molecule has 0 unspecified atom stereocenters. The summed E-state index contributed by atoms with van der Waals surface area (Å²) in [4.78, 5) is 14.0. The first-order chi connectivity index (χ1) is 9.05. The fourth-order valence-electron chi connectivity index (χ4n) is 2.62. The van der Waals surface area contributed by atoms with Crippen LogP contribution in [0.2, 0.25) is 0 Å². The van der Waals surface area contributed by atoms with Crippen molar-refractivity contribution in [2.24, 2.45) is 0 Å². The maximum Gasteiger partial charge on any atom is 0.270 e. The number of hydrogen-bond donors (Lipinski definition) is 1. The molecule has 0 saturated carbocycles. The number of rotatable bonds is 0. The second-order valence-corrected chi connectivity index (χ2v) is 4.93. The summed E-state index contributed by atoms with van der Waals surface area (Å²) in [7, 11) is 1.76. The highest BCUT2D eigenvalue weighted by molar-refractivity contribution is 6.01. The van der Waals surface area contributed by atoms with Crippen molar-refractivity contribution in [1.29, 1.82) is 5.26 Å². The third kappa shape index (κ3) is 1.66. The molecule has 1 fully saturated rings. The zero-order valence-corrected chi connectivity index (χ0v) is 10.3. The highest BCUT2D eigenvalue weighted by atomic mass is 19.1. The molecule has 1 amide bonds. The quantitative estimate of drug-likeness (QED) is 0.760. The Balaban J connectivity index is 2.00. The number of halogens is 1. The molecule has 0 aromatic heterocycles. The fourth-order valence-corrected chi connectivity index (χ4v) is 2.62. The molecule has 2 heterocycles. The van der Waals surface area contributed by atoms with Crippen LogP contribution in [0.5, 0.6) is 5.75 Å². The Bertz CT molecular complexity index is 598. The highest BCUT2D eigenvalue weighted by Crippen LogP contribution is 2.40. The number of anilines is 1. The molecule has 1 aromatic rings. The lowest BCUT2D eigenvalue weighted by Gasteiger charge is -2.34. The van der Waals surface area contributed by atoms with E-state index in [2.05, 4.69) is 11.4 Å². The van der Waals surface area contributed by atoms with Crippen LogP contribution in [0.4, 0.5) is 10.1 Å². The van der Waals surface area contributed by atoms with Gasteiger partial charge in [0.1, 0.15) is 17.5 Å². The average Bonchev–Trinajstić information content (AvgIpc) is 2.70. The first-order valence-electron chi connectivity index (χ1n) is 5.94. The largest absolute Gasteiger partial charge is 0.474 e. The van der Waals surface area contributed by atoms with Crippen molar-refractivity contribution < 1.29 is 13.9 Å². The Hall–Kier alpha value is -2.13. The molecule has 1 aromatic carbocycles. The smallest absolute Gasteiger partial charge is 0.270 e. The van der Waals surface area contributed by atoms with Gasteiger partial charge in [0.25, 0.3) is 5.91 Å². The van der Waals surface area contributed by atoms with Crippen LogP contribution < -0.4 is 10.1 Å². The van der Waals surface area contributed by atoms with Gasteiger partial charge in [-0.25, -0.2) is 4.39 Å². The number of fused-ring (bicyclic) bond motifs is 1. The molecular formula is C13H12FN3O2. The minimum atomic E-state index is -1.10. The van der Waals surface area contributed by atoms with Crippen LogP contribution >= 0.6 is 0 Å². The second kappa shape index (κ2) is 3.93. The van der Waals surface area contributed by atoms with Gasteiger partial charge in [0.05, 0.1) is 6.07 Å². The lowest BCUT2D eigenvalue weighted by atomic mass is 9.97. The summed E-state index contributed by atoms with van der Waals surface area (Å²) >= 11 is 0. The van der Waals surface area contributed by atoms with E-state index in [0.717, 1.165) is 0 Å². The summed E-state index contributed by atoms with van der Waals surface area (Å²) < 4.78 is 19.3. The van der Waals surface area contributed by atoms with E-state index >= 15 is 0 Å². The third-order valence-corrected chi connectivity index (χ3v) is 3.64. The van der Waals surface area contributed by atoms with Gasteiger partial charge < -0.3 is 10.1 Å². The zero-order valence-electron chi connectivity index (χ0n) is 10.3. The minimum absolute atomic E-state index is 0.0705. The lowest BCUT2D eigenvalue weighted by molar-refractivity contribution is -0.131. The molecule has 98 valence electrons. The summed E-state index contributed by atoms with van der Waals surface area (Å²) in [5.41, 5.74) is -1.03. The molecule has 19 heavy (non-hydrogen) atoms. The van der Waals surface area contributed by atoms with E-state index in [1.807, 2.05) is 0 Å². The number of likely N-dealkylation sites (N-methyl/N-ethyl adjacent to an activating group) is 1. The standard InChI is InChI=1S/C13H12FN3O2/c1-17-7-13(5-8(17)6-15)12(18)16-11-9(14)3-2-4-10(11)19-13/h2-4,8H,5,7H2,1H3,(H,16,18)/t8-,13+/m0/s1. The van der Waals surface area contributed by atoms with E-state index in [4.69, 9.17) is 10.00 Å². The van der Waals surface area contributed by atoms with Gasteiger partial charge in [-0.2, -0.15) is 5.26 Å². The zero-order chi connectivity index (χ0) is 13.6. The number of amides is 1. The van der Waals surface area contributed by atoms with Gasteiger partial charge in [0.2, 0.25) is 5.60 Å². The number of carbonyl (C=O) groups is 1. The SMILES string of the molecule is CN1C[C@@]2(C[C@H]1C#N)Oc1cccc(F)c1NC2=O. The van der Waals surface area contributed by atoms with Crippen LogP contribution in [0, 0.1) is 17.1 Å². The predicted molar refractivity (Wildman–Crippen MR) is 65.0 cm³/mol. The summed E-state index contributed by atoms with van der Waals surface area (Å²) in [5, 5.41) is 11.6. The maximum absolute atomic E-state index is 13.6. The normalized spacial score (nSPS) is 29.5. The molecule has 2 aliphatic rings. The number of benzene rings is 1. The molecule has 1 saturated heterocycles. The van der Waals surface area contributed by atoms with E-state index in [9.17, 15) is 9.18 Å². The first-order valence-corrected chi connectivity index (χ1v) is 5.94. The minimum Gasteiger partial charge on any atom is -0.474 e. The van der Waals surface area contributed by atoms with E-state index in [1.165, 1.54) is 12.1 Å². The monoisotopic (exact) mass is 261 g/mol. The number of carbonyl (C=O) groups excluding carboxylic acids is 1. The van der Waals surface area contributed by atoms with E-state index in [-0.39, 0.29) is 18.2 Å². The Morgan fingerprint density at radius 3 is 3.11 bits per heavy atom. The van der Waals surface area contributed by atoms with Crippen LogP contribution in [0.1, 0.15) is 6.42 Å². The molecule has 1 N–H and O–H groups in total. The van der Waals surface area contributed by atoms with Crippen molar-refractivity contribution in [2.75, 3.05) is 18.9 Å². The van der Waals surface area contributed by atoms with Crippen molar-refractivity contribution in [3.8, 4) is 11.8 Å². The number of hydrogen-bond acceptors (Lipinski definition) is 4. The average molecular weight is 261 g/mol. The molecule has 6 heteroatoms. The van der Waals surface area contributed by atoms with Crippen LogP contribution in [0.25, 0.3) is 0 Å². The predicted octanol–water partition coefficient (Wildman–Crippen LogP) is 1.12. The molecular weight excluding hydrogens is 249 g/mol. The van der Waals surface area contributed by atoms with Crippen LogP contribution in [0.15, 0.2) is 18.2 Å². The van der Waals surface area contributed by atoms with Crippen molar-refractivity contribution in [3.63, 3.8) is 0 Å². The molecule has 0 bridgehead atoms. The molecule has 0 aliphatic carbocycles. The Morgan fingerprint density at radius 1 is 1.63 bits per heavy atom. The maximum atomic E-state index is 13.6. The molecule has 2 aliphatic heterocycles. The number of ether oxygens (including phenoxy) is 1. The number of para-hydroxylation sites is 1. The number of nitriles is 1. The molecule has 3 rings (SSSR count).